The van der Waals surface area contributed by atoms with Gasteiger partial charge in [-0.3, -0.25) is 0 Å². The van der Waals surface area contributed by atoms with Gasteiger partial charge in [0.05, 0.1) is 0 Å². The van der Waals surface area contributed by atoms with Gasteiger partial charge < -0.3 is 15.4 Å². The number of nitrogens with zero attached hydrogens (tertiary/aromatic N) is 5. The average molecular weight is 382 g/mol. The summed E-state index contributed by atoms with van der Waals surface area (Å²) in [5.41, 5.74) is 7.84. The van der Waals surface area contributed by atoms with Crippen LogP contribution in [-0.2, 0) is 12.1 Å². The minimum Gasteiger partial charge on any atom is -0.382 e. The van der Waals surface area contributed by atoms with Crippen molar-refractivity contribution in [3.8, 4) is 23.2 Å². The lowest BCUT2D eigenvalue weighted by molar-refractivity contribution is 0.0980. The Morgan fingerprint density at radius 3 is 2.97 bits per heavy atom. The number of aromatic nitrogens is 5. The van der Waals surface area contributed by atoms with E-state index >= 15 is 0 Å². The Morgan fingerprint density at radius 1 is 1.17 bits per heavy atom. The molecule has 7 nitrogen and oxygen atoms in total. The van der Waals surface area contributed by atoms with Gasteiger partial charge in [0.2, 0.25) is 0 Å². The SMILES string of the molecule is Cc1nc(-c2cccc(C#C[C@@]3(O)CCn4ccnc43)c2)nc2c(N)nccc12. The van der Waals surface area contributed by atoms with E-state index in [2.05, 4.69) is 31.8 Å². The maximum Gasteiger partial charge on any atom is 0.185 e. The summed E-state index contributed by atoms with van der Waals surface area (Å²) in [4.78, 5) is 17.6. The largest absolute Gasteiger partial charge is 0.382 e. The second-order valence-corrected chi connectivity index (χ2v) is 7.11. The second kappa shape index (κ2) is 6.40. The second-order valence-electron chi connectivity index (χ2n) is 7.11. The number of nitrogens with two attached hydrogens (primary N) is 1. The van der Waals surface area contributed by atoms with Crippen LogP contribution in [0.25, 0.3) is 22.3 Å². The molecule has 0 spiro atoms. The van der Waals surface area contributed by atoms with E-state index in [9.17, 15) is 5.11 Å². The molecule has 142 valence electrons. The predicted octanol–water partition coefficient (Wildman–Crippen LogP) is 2.42. The molecule has 1 aromatic carbocycles. The van der Waals surface area contributed by atoms with Crippen LogP contribution in [-0.4, -0.2) is 29.6 Å². The number of fused-ring (bicyclic) bond motifs is 2. The van der Waals surface area contributed by atoms with Crippen molar-refractivity contribution >= 4 is 16.7 Å². The molecule has 0 bridgehead atoms. The summed E-state index contributed by atoms with van der Waals surface area (Å²) in [7, 11) is 0. The quantitative estimate of drug-likeness (QED) is 0.490. The van der Waals surface area contributed by atoms with Gasteiger partial charge in [0, 0.05) is 53.8 Å². The van der Waals surface area contributed by atoms with E-state index < -0.39 is 5.60 Å². The Hall–Kier alpha value is -3.76. The maximum atomic E-state index is 10.9. The number of aryl methyl sites for hydroxylation is 2. The molecule has 4 heterocycles. The van der Waals surface area contributed by atoms with Crippen LogP contribution in [0.2, 0.25) is 0 Å². The number of hydrogen-bond donors (Lipinski definition) is 2. The first-order valence-electron chi connectivity index (χ1n) is 9.30. The number of benzene rings is 1. The van der Waals surface area contributed by atoms with Gasteiger partial charge in [-0.25, -0.2) is 19.9 Å². The zero-order valence-corrected chi connectivity index (χ0v) is 15.8. The third-order valence-electron chi connectivity index (χ3n) is 5.17. The number of imidazole rings is 1. The van der Waals surface area contributed by atoms with Gasteiger partial charge >= 0.3 is 0 Å². The Balaban J connectivity index is 1.54. The molecule has 0 amide bonds. The minimum atomic E-state index is -1.23. The minimum absolute atomic E-state index is 0.379. The first-order valence-corrected chi connectivity index (χ1v) is 9.30. The van der Waals surface area contributed by atoms with Crippen molar-refractivity contribution in [2.24, 2.45) is 0 Å². The van der Waals surface area contributed by atoms with Crippen LogP contribution in [0.15, 0.2) is 48.9 Å². The van der Waals surface area contributed by atoms with Crippen LogP contribution >= 0.6 is 0 Å². The third-order valence-corrected chi connectivity index (χ3v) is 5.17. The van der Waals surface area contributed by atoms with Crippen LogP contribution < -0.4 is 5.73 Å². The molecule has 5 rings (SSSR count). The van der Waals surface area contributed by atoms with Crippen LogP contribution in [0.5, 0.6) is 0 Å². The van der Waals surface area contributed by atoms with Crippen LogP contribution in [0.1, 0.15) is 23.5 Å². The highest BCUT2D eigenvalue weighted by atomic mass is 16.3. The Morgan fingerprint density at radius 2 is 2.07 bits per heavy atom. The van der Waals surface area contributed by atoms with Gasteiger partial charge in [0.15, 0.2) is 17.2 Å². The number of anilines is 1. The Labute approximate surface area is 167 Å². The van der Waals surface area contributed by atoms with Crippen LogP contribution in [0.4, 0.5) is 5.82 Å². The highest BCUT2D eigenvalue weighted by Gasteiger charge is 2.36. The van der Waals surface area contributed by atoms with E-state index in [1.165, 1.54) is 0 Å². The molecular formula is C22H18N6O. The molecule has 0 aliphatic carbocycles. The molecule has 0 saturated carbocycles. The number of nitrogen functional groups attached to an aromatic ring is 1. The van der Waals surface area contributed by atoms with Gasteiger partial charge in [0.1, 0.15) is 11.3 Å². The van der Waals surface area contributed by atoms with Crippen molar-refractivity contribution in [3.63, 3.8) is 0 Å². The molecule has 0 unspecified atom stereocenters. The maximum absolute atomic E-state index is 10.9. The standard InChI is InChI=1S/C22H18N6O/c1-14-17-6-9-24-19(23)18(17)27-20(26-14)16-4-2-3-15(13-16)5-7-22(29)8-11-28-12-10-25-21(22)28/h2-4,6,9-10,12-13,29H,8,11H2,1H3,(H2,23,24)/t22-/m1/s1. The monoisotopic (exact) mass is 382 g/mol. The van der Waals surface area contributed by atoms with Crippen LogP contribution in [0, 0.1) is 18.8 Å². The van der Waals surface area contributed by atoms with Crippen molar-refractivity contribution in [2.75, 3.05) is 5.73 Å². The number of rotatable bonds is 1. The predicted molar refractivity (Wildman–Crippen MR) is 110 cm³/mol. The van der Waals surface area contributed by atoms with Gasteiger partial charge in [-0.15, -0.1) is 0 Å². The van der Waals surface area contributed by atoms with Gasteiger partial charge in [0.25, 0.3) is 0 Å². The van der Waals surface area contributed by atoms with Crippen molar-refractivity contribution in [1.82, 2.24) is 24.5 Å². The molecule has 3 N–H and O–H groups in total. The summed E-state index contributed by atoms with van der Waals surface area (Å²) in [6, 6.07) is 9.48. The van der Waals surface area contributed by atoms with E-state index in [0.29, 0.717) is 35.9 Å². The highest BCUT2D eigenvalue weighted by Crippen LogP contribution is 2.30. The summed E-state index contributed by atoms with van der Waals surface area (Å²) in [5, 5.41) is 11.7. The molecule has 3 aromatic heterocycles. The molecule has 4 aromatic rings. The van der Waals surface area contributed by atoms with Crippen molar-refractivity contribution in [1.29, 1.82) is 0 Å². The zero-order chi connectivity index (χ0) is 20.0. The highest BCUT2D eigenvalue weighted by molar-refractivity contribution is 5.89. The molecule has 1 aliphatic heterocycles. The van der Waals surface area contributed by atoms with Gasteiger partial charge in [-0.1, -0.05) is 24.0 Å². The molecule has 0 saturated heterocycles. The lowest BCUT2D eigenvalue weighted by Gasteiger charge is -2.12. The summed E-state index contributed by atoms with van der Waals surface area (Å²) in [6.07, 6.45) is 5.72. The first-order chi connectivity index (χ1) is 14.0. The lowest BCUT2D eigenvalue weighted by atomic mass is 10.0. The summed E-state index contributed by atoms with van der Waals surface area (Å²) in [5.74, 6) is 7.62. The Bertz CT molecular complexity index is 1320. The molecule has 0 fully saturated rings. The summed E-state index contributed by atoms with van der Waals surface area (Å²) in [6.45, 7) is 2.63. The fourth-order valence-electron chi connectivity index (χ4n) is 3.64. The normalized spacial score (nSPS) is 17.7. The number of hydrogen-bond acceptors (Lipinski definition) is 6. The average Bonchev–Trinajstić information content (AvgIpc) is 3.32. The summed E-state index contributed by atoms with van der Waals surface area (Å²) < 4.78 is 1.93. The zero-order valence-electron chi connectivity index (χ0n) is 15.8. The molecular weight excluding hydrogens is 364 g/mol. The van der Waals surface area contributed by atoms with Gasteiger partial charge in [-0.05, 0) is 25.1 Å². The molecule has 7 heteroatoms. The van der Waals surface area contributed by atoms with E-state index in [1.807, 2.05) is 48.0 Å². The van der Waals surface area contributed by atoms with E-state index in [4.69, 9.17) is 5.73 Å². The van der Waals surface area contributed by atoms with Crippen molar-refractivity contribution in [2.45, 2.75) is 25.5 Å². The molecule has 0 radical (unpaired) electrons. The Kier molecular flexibility index (Phi) is 3.83. The first kappa shape index (κ1) is 17.3. The molecule has 29 heavy (non-hydrogen) atoms. The lowest BCUT2D eigenvalue weighted by Crippen LogP contribution is -2.20. The molecule has 1 aliphatic rings. The van der Waals surface area contributed by atoms with E-state index in [1.54, 1.807) is 12.4 Å². The fourth-order valence-corrected chi connectivity index (χ4v) is 3.64. The fraction of sp³-hybridized carbons (Fsp3) is 0.182. The molecule has 1 atom stereocenters. The van der Waals surface area contributed by atoms with Crippen molar-refractivity contribution in [3.05, 3.63) is 66.0 Å². The summed E-state index contributed by atoms with van der Waals surface area (Å²) >= 11 is 0. The van der Waals surface area contributed by atoms with E-state index in [-0.39, 0.29) is 0 Å². The third kappa shape index (κ3) is 2.91. The topological polar surface area (TPSA) is 103 Å². The number of aliphatic hydroxyl groups is 1. The van der Waals surface area contributed by atoms with Crippen LogP contribution in [0.3, 0.4) is 0 Å². The van der Waals surface area contributed by atoms with E-state index in [0.717, 1.165) is 22.2 Å². The van der Waals surface area contributed by atoms with Crippen molar-refractivity contribution < 1.29 is 5.11 Å². The van der Waals surface area contributed by atoms with Gasteiger partial charge in [-0.2, -0.15) is 0 Å². The number of pyridine rings is 1. The smallest absolute Gasteiger partial charge is 0.185 e.